The molecule has 0 heterocycles. The molecule has 1 N–H and O–H groups in total. The highest BCUT2D eigenvalue weighted by molar-refractivity contribution is 7.89. The van der Waals surface area contributed by atoms with Crippen LogP contribution in [0, 0.1) is 10.1 Å². The number of nitro benzene ring substituents is 1. The standard InChI is InChI=1S/C17H17ClN2O6S/c1-12(13-3-2-4-15(11-13)20(22)23)26-17(21)9-10-19-27(24,25)16-7-5-14(18)6-8-16/h2-8,11-12,19H,9-10H2,1H3/t12-/m1/s1. The first kappa shape index (κ1) is 20.8. The summed E-state index contributed by atoms with van der Waals surface area (Å²) < 4.78 is 31.7. The summed E-state index contributed by atoms with van der Waals surface area (Å²) in [5.74, 6) is -0.632. The van der Waals surface area contributed by atoms with Gasteiger partial charge in [0.1, 0.15) is 6.10 Å². The fourth-order valence-corrected chi connectivity index (χ4v) is 3.36. The van der Waals surface area contributed by atoms with Crippen LogP contribution in [0.3, 0.4) is 0 Å². The maximum absolute atomic E-state index is 12.1. The fraction of sp³-hybridized carbons (Fsp3) is 0.235. The normalized spacial score (nSPS) is 12.4. The number of hydrogen-bond donors (Lipinski definition) is 1. The SMILES string of the molecule is C[C@@H](OC(=O)CCNS(=O)(=O)c1ccc(Cl)cc1)c1cccc([N+](=O)[O-])c1. The Morgan fingerprint density at radius 1 is 1.26 bits per heavy atom. The molecule has 0 saturated heterocycles. The Morgan fingerprint density at radius 3 is 2.56 bits per heavy atom. The van der Waals surface area contributed by atoms with E-state index in [-0.39, 0.29) is 23.5 Å². The lowest BCUT2D eigenvalue weighted by Gasteiger charge is -2.13. The quantitative estimate of drug-likeness (QED) is 0.404. The number of non-ortho nitro benzene ring substituents is 1. The van der Waals surface area contributed by atoms with E-state index in [0.717, 1.165) is 0 Å². The molecule has 0 radical (unpaired) electrons. The van der Waals surface area contributed by atoms with E-state index in [0.29, 0.717) is 10.6 Å². The largest absolute Gasteiger partial charge is 0.458 e. The first-order chi connectivity index (χ1) is 12.7. The van der Waals surface area contributed by atoms with Gasteiger partial charge in [-0.1, -0.05) is 23.7 Å². The molecule has 0 aliphatic carbocycles. The lowest BCUT2D eigenvalue weighted by Crippen LogP contribution is -2.27. The van der Waals surface area contributed by atoms with E-state index in [4.69, 9.17) is 16.3 Å². The molecule has 8 nitrogen and oxygen atoms in total. The molecule has 10 heteroatoms. The zero-order valence-corrected chi connectivity index (χ0v) is 15.9. The molecule has 0 spiro atoms. The van der Waals surface area contributed by atoms with Crippen LogP contribution in [0.2, 0.25) is 5.02 Å². The van der Waals surface area contributed by atoms with Crippen molar-refractivity contribution in [2.24, 2.45) is 0 Å². The number of hydrogen-bond acceptors (Lipinski definition) is 6. The van der Waals surface area contributed by atoms with Crippen molar-refractivity contribution in [1.82, 2.24) is 4.72 Å². The van der Waals surface area contributed by atoms with Gasteiger partial charge in [-0.15, -0.1) is 0 Å². The molecule has 0 bridgehead atoms. The van der Waals surface area contributed by atoms with Crippen LogP contribution in [0.5, 0.6) is 0 Å². The van der Waals surface area contributed by atoms with Crippen molar-refractivity contribution in [2.45, 2.75) is 24.3 Å². The summed E-state index contributed by atoms with van der Waals surface area (Å²) >= 11 is 5.72. The molecule has 0 aliphatic heterocycles. The predicted octanol–water partition coefficient (Wildman–Crippen LogP) is 3.22. The molecule has 0 aromatic heterocycles. The van der Waals surface area contributed by atoms with Crippen LogP contribution in [-0.2, 0) is 19.6 Å². The average molecular weight is 413 g/mol. The third kappa shape index (κ3) is 6.02. The molecule has 2 aromatic rings. The maximum Gasteiger partial charge on any atom is 0.307 e. The summed E-state index contributed by atoms with van der Waals surface area (Å²) in [5, 5.41) is 11.2. The number of halogens is 1. The van der Waals surface area contributed by atoms with Crippen molar-refractivity contribution < 1.29 is 22.9 Å². The first-order valence-electron chi connectivity index (χ1n) is 7.88. The molecular formula is C17H17ClN2O6S. The minimum absolute atomic E-state index is 0.0326. The van der Waals surface area contributed by atoms with Gasteiger partial charge in [-0.25, -0.2) is 13.1 Å². The minimum atomic E-state index is -3.76. The van der Waals surface area contributed by atoms with Gasteiger partial charge in [-0.2, -0.15) is 0 Å². The maximum atomic E-state index is 12.1. The third-order valence-electron chi connectivity index (χ3n) is 3.60. The summed E-state index contributed by atoms with van der Waals surface area (Å²) in [5.41, 5.74) is 0.366. The number of rotatable bonds is 8. The molecule has 0 aliphatic rings. The van der Waals surface area contributed by atoms with Crippen molar-refractivity contribution in [2.75, 3.05) is 6.54 Å². The third-order valence-corrected chi connectivity index (χ3v) is 5.33. The lowest BCUT2D eigenvalue weighted by atomic mass is 10.1. The summed E-state index contributed by atoms with van der Waals surface area (Å²) in [4.78, 5) is 22.2. The Hall–Kier alpha value is -2.49. The van der Waals surface area contributed by atoms with Gasteiger partial charge in [0.25, 0.3) is 5.69 Å². The number of nitrogens with zero attached hydrogens (tertiary/aromatic N) is 1. The highest BCUT2D eigenvalue weighted by atomic mass is 35.5. The Bertz CT molecular complexity index is 931. The lowest BCUT2D eigenvalue weighted by molar-refractivity contribution is -0.385. The smallest absolute Gasteiger partial charge is 0.307 e. The van der Waals surface area contributed by atoms with Gasteiger partial charge in [0.15, 0.2) is 0 Å². The van der Waals surface area contributed by atoms with Crippen molar-refractivity contribution in [3.8, 4) is 0 Å². The van der Waals surface area contributed by atoms with Crippen molar-refractivity contribution in [3.63, 3.8) is 0 Å². The van der Waals surface area contributed by atoms with E-state index < -0.39 is 27.0 Å². The number of benzene rings is 2. The second-order valence-electron chi connectivity index (χ2n) is 5.59. The molecule has 0 amide bonds. The van der Waals surface area contributed by atoms with Crippen LogP contribution >= 0.6 is 11.6 Å². The first-order valence-corrected chi connectivity index (χ1v) is 9.74. The van der Waals surface area contributed by atoms with Crippen LogP contribution < -0.4 is 4.72 Å². The Morgan fingerprint density at radius 2 is 1.93 bits per heavy atom. The van der Waals surface area contributed by atoms with Crippen LogP contribution in [0.4, 0.5) is 5.69 Å². The van der Waals surface area contributed by atoms with Gasteiger partial charge in [-0.3, -0.25) is 14.9 Å². The molecule has 27 heavy (non-hydrogen) atoms. The highest BCUT2D eigenvalue weighted by Crippen LogP contribution is 2.22. The van der Waals surface area contributed by atoms with E-state index in [9.17, 15) is 23.3 Å². The van der Waals surface area contributed by atoms with Crippen LogP contribution in [0.25, 0.3) is 0 Å². The molecule has 2 rings (SSSR count). The van der Waals surface area contributed by atoms with E-state index in [2.05, 4.69) is 4.72 Å². The van der Waals surface area contributed by atoms with Gasteiger partial charge in [0.05, 0.1) is 16.2 Å². The number of ether oxygens (including phenoxy) is 1. The molecule has 2 aromatic carbocycles. The van der Waals surface area contributed by atoms with Gasteiger partial charge in [0, 0.05) is 23.7 Å². The van der Waals surface area contributed by atoms with Crippen molar-refractivity contribution in [1.29, 1.82) is 0 Å². The minimum Gasteiger partial charge on any atom is -0.458 e. The summed E-state index contributed by atoms with van der Waals surface area (Å²) in [6, 6.07) is 11.4. The van der Waals surface area contributed by atoms with Crippen LogP contribution in [0.1, 0.15) is 25.0 Å². The average Bonchev–Trinajstić information content (AvgIpc) is 2.62. The number of sulfonamides is 1. The topological polar surface area (TPSA) is 116 Å². The zero-order chi connectivity index (χ0) is 20.0. The van der Waals surface area contributed by atoms with E-state index in [1.807, 2.05) is 0 Å². The van der Waals surface area contributed by atoms with Gasteiger partial charge in [-0.05, 0) is 36.8 Å². The summed E-state index contributed by atoms with van der Waals surface area (Å²) in [6.07, 6.45) is -0.892. The van der Waals surface area contributed by atoms with Crippen LogP contribution in [-0.4, -0.2) is 25.9 Å². The molecule has 144 valence electrons. The van der Waals surface area contributed by atoms with E-state index >= 15 is 0 Å². The number of carbonyl (C=O) groups is 1. The van der Waals surface area contributed by atoms with Crippen LogP contribution in [0.15, 0.2) is 53.4 Å². The summed E-state index contributed by atoms with van der Waals surface area (Å²) in [7, 11) is -3.76. The second-order valence-corrected chi connectivity index (χ2v) is 7.79. The number of carbonyl (C=O) groups excluding carboxylic acids is 1. The number of nitro groups is 1. The summed E-state index contributed by atoms with van der Waals surface area (Å²) in [6.45, 7) is 1.43. The van der Waals surface area contributed by atoms with Crippen molar-refractivity contribution in [3.05, 3.63) is 69.2 Å². The Labute approximate surface area is 161 Å². The van der Waals surface area contributed by atoms with E-state index in [1.165, 1.54) is 42.5 Å². The zero-order valence-electron chi connectivity index (χ0n) is 14.3. The Kier molecular flexibility index (Phi) is 6.89. The van der Waals surface area contributed by atoms with Gasteiger partial charge >= 0.3 is 5.97 Å². The second kappa shape index (κ2) is 8.94. The monoisotopic (exact) mass is 412 g/mol. The van der Waals surface area contributed by atoms with Crippen molar-refractivity contribution >= 4 is 33.3 Å². The predicted molar refractivity (Wildman–Crippen MR) is 98.9 cm³/mol. The molecule has 1 atom stereocenters. The number of nitrogens with one attached hydrogen (secondary N) is 1. The molecule has 0 unspecified atom stereocenters. The Balaban J connectivity index is 1.88. The fourth-order valence-electron chi connectivity index (χ4n) is 2.20. The van der Waals surface area contributed by atoms with Gasteiger partial charge in [0.2, 0.25) is 10.0 Å². The highest BCUT2D eigenvalue weighted by Gasteiger charge is 2.17. The van der Waals surface area contributed by atoms with E-state index in [1.54, 1.807) is 13.0 Å². The van der Waals surface area contributed by atoms with Gasteiger partial charge < -0.3 is 4.74 Å². The molecule has 0 saturated carbocycles. The molecular weight excluding hydrogens is 396 g/mol. The molecule has 0 fully saturated rings. The number of esters is 1.